The van der Waals surface area contributed by atoms with Crippen molar-refractivity contribution in [3.8, 4) is 0 Å². The Morgan fingerprint density at radius 2 is 1.60 bits per heavy atom. The second-order valence-electron chi connectivity index (χ2n) is 4.05. The molecule has 0 atom stereocenters. The number of nitrogens with zero attached hydrogens (tertiary/aromatic N) is 2. The average Bonchev–Trinajstić information content (AvgIpc) is 2.72. The monoisotopic (exact) mass is 278 g/mol. The van der Waals surface area contributed by atoms with E-state index in [1.807, 2.05) is 65.4 Å². The van der Waals surface area contributed by atoms with Crippen molar-refractivity contribution in [1.82, 2.24) is 9.78 Å². The Balaban J connectivity index is 0.000000829. The van der Waals surface area contributed by atoms with Crippen LogP contribution >= 0.6 is 0 Å². The molecule has 2 rings (SSSR count). The van der Waals surface area contributed by atoms with Gasteiger partial charge in [-0.1, -0.05) is 45.9 Å². The maximum Gasteiger partial charge on any atom is 0.126 e. The van der Waals surface area contributed by atoms with E-state index in [0.717, 1.165) is 17.0 Å². The summed E-state index contributed by atoms with van der Waals surface area (Å²) < 4.78 is 15.3. The average molecular weight is 278 g/mol. The summed E-state index contributed by atoms with van der Waals surface area (Å²) in [7, 11) is 1.90. The number of halogens is 1. The van der Waals surface area contributed by atoms with Gasteiger partial charge in [-0.05, 0) is 31.0 Å². The van der Waals surface area contributed by atoms with Crippen LogP contribution in [-0.2, 0) is 13.5 Å². The predicted molar refractivity (Wildman–Crippen MR) is 84.6 cm³/mol. The second-order valence-corrected chi connectivity index (χ2v) is 4.05. The first-order valence-electron chi connectivity index (χ1n) is 7.32. The lowest BCUT2D eigenvalue weighted by Crippen LogP contribution is -2.01. The summed E-state index contributed by atoms with van der Waals surface area (Å²) in [4.78, 5) is 0. The molecule has 0 spiro atoms. The predicted octanol–water partition coefficient (Wildman–Crippen LogP) is 4.82. The lowest BCUT2D eigenvalue weighted by Gasteiger charge is -2.05. The highest BCUT2D eigenvalue weighted by atomic mass is 19.1. The fraction of sp³-hybridized carbons (Fsp3) is 0.471. The van der Waals surface area contributed by atoms with Crippen molar-refractivity contribution in [1.29, 1.82) is 0 Å². The summed E-state index contributed by atoms with van der Waals surface area (Å²) in [6.07, 6.45) is 0.593. The van der Waals surface area contributed by atoms with E-state index in [0.29, 0.717) is 12.0 Å². The standard InChI is InChI=1S/C13H15FN2.2C2H6/c1-9-10(2)15-16(3)13(9)8-11-6-4-5-7-12(11)14;2*1-2/h4-7H,8H2,1-3H3;2*1-2H3. The van der Waals surface area contributed by atoms with E-state index in [1.165, 1.54) is 6.07 Å². The molecule has 0 saturated heterocycles. The van der Waals surface area contributed by atoms with Crippen molar-refractivity contribution in [2.75, 3.05) is 0 Å². The molecule has 0 N–H and O–H groups in total. The first-order valence-corrected chi connectivity index (χ1v) is 7.32. The van der Waals surface area contributed by atoms with Crippen LogP contribution in [0.15, 0.2) is 24.3 Å². The van der Waals surface area contributed by atoms with Crippen LogP contribution in [0, 0.1) is 19.7 Å². The van der Waals surface area contributed by atoms with E-state index in [4.69, 9.17) is 0 Å². The number of benzene rings is 1. The highest BCUT2D eigenvalue weighted by Gasteiger charge is 2.11. The van der Waals surface area contributed by atoms with Gasteiger partial charge in [-0.25, -0.2) is 4.39 Å². The van der Waals surface area contributed by atoms with Crippen LogP contribution in [0.25, 0.3) is 0 Å². The SMILES string of the molecule is CC.CC.Cc1nn(C)c(Cc2ccccc2F)c1C. The van der Waals surface area contributed by atoms with E-state index in [1.54, 1.807) is 6.07 Å². The first-order chi connectivity index (χ1) is 9.59. The molecule has 0 unspecified atom stereocenters. The summed E-state index contributed by atoms with van der Waals surface area (Å²) in [5, 5.41) is 4.33. The molecule has 2 nitrogen and oxygen atoms in total. The first kappa shape index (κ1) is 18.4. The molecule has 112 valence electrons. The summed E-state index contributed by atoms with van der Waals surface area (Å²) in [5.41, 5.74) is 3.94. The molecule has 0 radical (unpaired) electrons. The van der Waals surface area contributed by atoms with Gasteiger partial charge in [0.1, 0.15) is 5.82 Å². The third-order valence-electron chi connectivity index (χ3n) is 2.98. The van der Waals surface area contributed by atoms with Gasteiger partial charge in [-0.2, -0.15) is 5.10 Å². The zero-order valence-electron chi connectivity index (χ0n) is 13.8. The summed E-state index contributed by atoms with van der Waals surface area (Å²) >= 11 is 0. The molecule has 0 amide bonds. The third kappa shape index (κ3) is 4.48. The molecule has 0 fully saturated rings. The lowest BCUT2D eigenvalue weighted by atomic mass is 10.1. The van der Waals surface area contributed by atoms with E-state index in [-0.39, 0.29) is 5.82 Å². The molecule has 0 aliphatic rings. The summed E-state index contributed by atoms with van der Waals surface area (Å²) in [5.74, 6) is -0.152. The van der Waals surface area contributed by atoms with Crippen molar-refractivity contribution in [2.45, 2.75) is 48.0 Å². The molecule has 1 aromatic carbocycles. The Bertz CT molecular complexity index is 516. The van der Waals surface area contributed by atoms with Gasteiger partial charge in [0.2, 0.25) is 0 Å². The summed E-state index contributed by atoms with van der Waals surface area (Å²) in [6, 6.07) is 6.88. The fourth-order valence-corrected chi connectivity index (χ4v) is 1.88. The molecular weight excluding hydrogens is 251 g/mol. The Hall–Kier alpha value is -1.64. The fourth-order valence-electron chi connectivity index (χ4n) is 1.88. The van der Waals surface area contributed by atoms with Crippen LogP contribution in [0.4, 0.5) is 4.39 Å². The Morgan fingerprint density at radius 1 is 1.05 bits per heavy atom. The number of aryl methyl sites for hydroxylation is 2. The van der Waals surface area contributed by atoms with Crippen molar-refractivity contribution in [3.05, 3.63) is 52.6 Å². The minimum absolute atomic E-state index is 0.152. The van der Waals surface area contributed by atoms with Crippen molar-refractivity contribution < 1.29 is 4.39 Å². The van der Waals surface area contributed by atoms with Crippen LogP contribution in [0.2, 0.25) is 0 Å². The highest BCUT2D eigenvalue weighted by Crippen LogP contribution is 2.17. The molecule has 3 heteroatoms. The molecule has 1 aromatic heterocycles. The van der Waals surface area contributed by atoms with Crippen LogP contribution in [0.3, 0.4) is 0 Å². The quantitative estimate of drug-likeness (QED) is 0.770. The lowest BCUT2D eigenvalue weighted by molar-refractivity contribution is 0.609. The molecule has 20 heavy (non-hydrogen) atoms. The second kappa shape index (κ2) is 9.29. The van der Waals surface area contributed by atoms with Gasteiger partial charge >= 0.3 is 0 Å². The molecule has 0 aliphatic heterocycles. The normalized spacial score (nSPS) is 9.20. The van der Waals surface area contributed by atoms with Gasteiger partial charge < -0.3 is 0 Å². The van der Waals surface area contributed by atoms with Crippen molar-refractivity contribution >= 4 is 0 Å². The molecule has 0 saturated carbocycles. The number of aromatic nitrogens is 2. The van der Waals surface area contributed by atoms with Gasteiger partial charge in [-0.15, -0.1) is 0 Å². The smallest absolute Gasteiger partial charge is 0.126 e. The Kier molecular flexibility index (Phi) is 8.53. The van der Waals surface area contributed by atoms with Gasteiger partial charge in [0.25, 0.3) is 0 Å². The van der Waals surface area contributed by atoms with Crippen LogP contribution in [0.1, 0.15) is 50.2 Å². The van der Waals surface area contributed by atoms with E-state index >= 15 is 0 Å². The minimum atomic E-state index is -0.152. The maximum absolute atomic E-state index is 13.5. The number of hydrogen-bond donors (Lipinski definition) is 0. The van der Waals surface area contributed by atoms with Crippen LogP contribution < -0.4 is 0 Å². The van der Waals surface area contributed by atoms with E-state index < -0.39 is 0 Å². The molecule has 0 bridgehead atoms. The van der Waals surface area contributed by atoms with Crippen molar-refractivity contribution in [3.63, 3.8) is 0 Å². The molecule has 1 heterocycles. The van der Waals surface area contributed by atoms with Gasteiger partial charge in [-0.3, -0.25) is 4.68 Å². The Morgan fingerprint density at radius 3 is 2.05 bits per heavy atom. The molecule has 0 aliphatic carbocycles. The minimum Gasteiger partial charge on any atom is -0.272 e. The van der Waals surface area contributed by atoms with Crippen LogP contribution in [0.5, 0.6) is 0 Å². The van der Waals surface area contributed by atoms with Crippen molar-refractivity contribution in [2.24, 2.45) is 7.05 Å². The van der Waals surface area contributed by atoms with Crippen LogP contribution in [-0.4, -0.2) is 9.78 Å². The van der Waals surface area contributed by atoms with E-state index in [2.05, 4.69) is 5.10 Å². The Labute approximate surface area is 122 Å². The zero-order valence-corrected chi connectivity index (χ0v) is 13.8. The maximum atomic E-state index is 13.5. The highest BCUT2D eigenvalue weighted by molar-refractivity contribution is 5.30. The third-order valence-corrected chi connectivity index (χ3v) is 2.98. The van der Waals surface area contributed by atoms with E-state index in [9.17, 15) is 4.39 Å². The zero-order chi connectivity index (χ0) is 15.7. The number of hydrogen-bond acceptors (Lipinski definition) is 1. The van der Waals surface area contributed by atoms with Gasteiger partial charge in [0.15, 0.2) is 0 Å². The van der Waals surface area contributed by atoms with Gasteiger partial charge in [0, 0.05) is 19.2 Å². The summed E-state index contributed by atoms with van der Waals surface area (Å²) in [6.45, 7) is 12.0. The molecule has 2 aromatic rings. The largest absolute Gasteiger partial charge is 0.272 e. The van der Waals surface area contributed by atoms with Gasteiger partial charge in [0.05, 0.1) is 5.69 Å². The number of rotatable bonds is 2. The molecular formula is C17H27FN2. The topological polar surface area (TPSA) is 17.8 Å².